The quantitative estimate of drug-likeness (QED) is 0.348. The molecule has 2 saturated heterocycles. The van der Waals surface area contributed by atoms with Crippen LogP contribution in [0.25, 0.3) is 0 Å². The highest BCUT2D eigenvalue weighted by molar-refractivity contribution is 5.99. The van der Waals surface area contributed by atoms with E-state index in [9.17, 15) is 9.18 Å². The highest BCUT2D eigenvalue weighted by Gasteiger charge is 2.33. The Morgan fingerprint density at radius 1 is 1.21 bits per heavy atom. The SMILES string of the molecule is CCN1CCC(C(=O)N/C(=N/C2CC(C3CCC(F)CC3)NN2)NC(C)C)N1. The summed E-state index contributed by atoms with van der Waals surface area (Å²) in [5.74, 6) is 0.925. The van der Waals surface area contributed by atoms with Crippen molar-refractivity contribution in [2.24, 2.45) is 10.9 Å². The van der Waals surface area contributed by atoms with E-state index in [-0.39, 0.29) is 24.2 Å². The van der Waals surface area contributed by atoms with Crippen LogP contribution in [0.1, 0.15) is 59.3 Å². The fourth-order valence-electron chi connectivity index (χ4n) is 4.25. The maximum Gasteiger partial charge on any atom is 0.245 e. The van der Waals surface area contributed by atoms with E-state index in [2.05, 4.69) is 38.8 Å². The number of nitrogens with one attached hydrogen (secondary N) is 5. The lowest BCUT2D eigenvalue weighted by molar-refractivity contribution is -0.121. The van der Waals surface area contributed by atoms with Crippen LogP contribution in [0.4, 0.5) is 4.39 Å². The lowest BCUT2D eigenvalue weighted by Gasteiger charge is -2.28. The van der Waals surface area contributed by atoms with Gasteiger partial charge in [0.15, 0.2) is 5.96 Å². The summed E-state index contributed by atoms with van der Waals surface area (Å²) in [4.78, 5) is 17.3. The summed E-state index contributed by atoms with van der Waals surface area (Å²) in [6.45, 7) is 7.85. The Morgan fingerprint density at radius 2 is 1.96 bits per heavy atom. The van der Waals surface area contributed by atoms with Crippen molar-refractivity contribution in [1.29, 1.82) is 0 Å². The second-order valence-corrected chi connectivity index (χ2v) is 8.47. The Kier molecular flexibility index (Phi) is 7.62. The number of hydrogen-bond donors (Lipinski definition) is 5. The van der Waals surface area contributed by atoms with E-state index in [1.807, 2.05) is 13.8 Å². The fraction of sp³-hybridized carbons (Fsp3) is 0.895. The zero-order valence-electron chi connectivity index (χ0n) is 17.3. The van der Waals surface area contributed by atoms with Crippen molar-refractivity contribution in [3.8, 4) is 0 Å². The number of guanidine groups is 1. The van der Waals surface area contributed by atoms with E-state index in [1.54, 1.807) is 0 Å². The van der Waals surface area contributed by atoms with Gasteiger partial charge in [-0.3, -0.25) is 15.5 Å². The Balaban J connectivity index is 1.55. The molecule has 0 aromatic rings. The monoisotopic (exact) mass is 397 g/mol. The minimum absolute atomic E-state index is 0.0633. The molecule has 3 unspecified atom stereocenters. The summed E-state index contributed by atoms with van der Waals surface area (Å²) in [5.41, 5.74) is 9.79. The van der Waals surface area contributed by atoms with Crippen molar-refractivity contribution in [2.75, 3.05) is 13.1 Å². The first-order valence-electron chi connectivity index (χ1n) is 10.8. The molecule has 1 aliphatic carbocycles. The molecule has 0 radical (unpaired) electrons. The molecule has 5 N–H and O–H groups in total. The highest BCUT2D eigenvalue weighted by Crippen LogP contribution is 2.31. The number of aliphatic imine (C=N–C) groups is 1. The minimum Gasteiger partial charge on any atom is -0.354 e. The zero-order valence-corrected chi connectivity index (χ0v) is 17.3. The van der Waals surface area contributed by atoms with Gasteiger partial charge in [-0.2, -0.15) is 0 Å². The summed E-state index contributed by atoms with van der Waals surface area (Å²) in [7, 11) is 0. The average molecular weight is 398 g/mol. The van der Waals surface area contributed by atoms with Gasteiger partial charge >= 0.3 is 0 Å². The first-order valence-corrected chi connectivity index (χ1v) is 10.8. The van der Waals surface area contributed by atoms with Gasteiger partial charge in [0.1, 0.15) is 18.4 Å². The molecule has 0 spiro atoms. The smallest absolute Gasteiger partial charge is 0.245 e. The molecule has 3 atom stereocenters. The topological polar surface area (TPSA) is 92.8 Å². The highest BCUT2D eigenvalue weighted by atomic mass is 19.1. The molecule has 3 rings (SSSR count). The van der Waals surface area contributed by atoms with Crippen LogP contribution < -0.4 is 26.9 Å². The molecule has 2 aliphatic heterocycles. The molecule has 3 fully saturated rings. The Bertz CT molecular complexity index is 550. The average Bonchev–Trinajstić information content (AvgIpc) is 3.31. The number of hydrazine groups is 2. The number of alkyl halides is 1. The number of hydrogen-bond acceptors (Lipinski definition) is 6. The van der Waals surface area contributed by atoms with Crippen molar-refractivity contribution in [1.82, 2.24) is 31.9 Å². The van der Waals surface area contributed by atoms with Gasteiger partial charge in [0.25, 0.3) is 0 Å². The Morgan fingerprint density at radius 3 is 2.61 bits per heavy atom. The van der Waals surface area contributed by atoms with Gasteiger partial charge in [-0.15, -0.1) is 0 Å². The van der Waals surface area contributed by atoms with E-state index >= 15 is 0 Å². The molecule has 8 nitrogen and oxygen atoms in total. The maximum atomic E-state index is 13.4. The molecule has 2 heterocycles. The summed E-state index contributed by atoms with van der Waals surface area (Å²) in [6.07, 6.45) is 4.05. The molecule has 3 aliphatic rings. The lowest BCUT2D eigenvalue weighted by Crippen LogP contribution is -2.51. The van der Waals surface area contributed by atoms with E-state index < -0.39 is 6.17 Å². The summed E-state index contributed by atoms with van der Waals surface area (Å²) < 4.78 is 13.4. The Hall–Kier alpha value is -1.29. The van der Waals surface area contributed by atoms with Gasteiger partial charge in [-0.25, -0.2) is 25.2 Å². The maximum absolute atomic E-state index is 13.4. The number of halogens is 1. The second-order valence-electron chi connectivity index (χ2n) is 8.47. The molecule has 0 aromatic heterocycles. The van der Waals surface area contributed by atoms with Gasteiger partial charge in [0.05, 0.1) is 0 Å². The molecule has 28 heavy (non-hydrogen) atoms. The molecule has 0 aromatic carbocycles. The van der Waals surface area contributed by atoms with Crippen molar-refractivity contribution in [3.63, 3.8) is 0 Å². The van der Waals surface area contributed by atoms with Crippen LogP contribution in [0.15, 0.2) is 4.99 Å². The van der Waals surface area contributed by atoms with Crippen LogP contribution in [0.5, 0.6) is 0 Å². The Labute approximate surface area is 167 Å². The second kappa shape index (κ2) is 9.96. The van der Waals surface area contributed by atoms with E-state index in [1.165, 1.54) is 0 Å². The van der Waals surface area contributed by atoms with Crippen molar-refractivity contribution < 1.29 is 9.18 Å². The van der Waals surface area contributed by atoms with Crippen LogP contribution in [-0.2, 0) is 4.79 Å². The molecule has 1 saturated carbocycles. The van der Waals surface area contributed by atoms with E-state index in [0.29, 0.717) is 30.8 Å². The summed E-state index contributed by atoms with van der Waals surface area (Å²) in [5, 5.41) is 8.25. The molecule has 160 valence electrons. The van der Waals surface area contributed by atoms with Crippen LogP contribution in [0.3, 0.4) is 0 Å². The van der Waals surface area contributed by atoms with Gasteiger partial charge in [-0.1, -0.05) is 6.92 Å². The first-order chi connectivity index (χ1) is 13.4. The molecular weight excluding hydrogens is 361 g/mol. The van der Waals surface area contributed by atoms with Gasteiger partial charge in [0.2, 0.25) is 5.91 Å². The van der Waals surface area contributed by atoms with Crippen LogP contribution in [-0.4, -0.2) is 60.4 Å². The predicted octanol–water partition coefficient (Wildman–Crippen LogP) is 0.776. The number of amides is 1. The van der Waals surface area contributed by atoms with Crippen molar-refractivity contribution in [3.05, 3.63) is 0 Å². The third kappa shape index (κ3) is 5.85. The van der Waals surface area contributed by atoms with Gasteiger partial charge in [-0.05, 0) is 51.9 Å². The number of carbonyl (C=O) groups excluding carboxylic acids is 1. The zero-order chi connectivity index (χ0) is 20.1. The van der Waals surface area contributed by atoms with Gasteiger partial charge < -0.3 is 5.32 Å². The van der Waals surface area contributed by atoms with Gasteiger partial charge in [0, 0.05) is 31.6 Å². The van der Waals surface area contributed by atoms with E-state index in [0.717, 1.165) is 38.8 Å². The van der Waals surface area contributed by atoms with Crippen LogP contribution in [0, 0.1) is 5.92 Å². The lowest BCUT2D eigenvalue weighted by atomic mass is 9.82. The first kappa shape index (κ1) is 21.4. The number of carbonyl (C=O) groups is 1. The largest absolute Gasteiger partial charge is 0.354 e. The van der Waals surface area contributed by atoms with Crippen molar-refractivity contribution >= 4 is 11.9 Å². The molecular formula is C19H36FN7O. The predicted molar refractivity (Wildman–Crippen MR) is 108 cm³/mol. The van der Waals surface area contributed by atoms with Crippen LogP contribution >= 0.6 is 0 Å². The molecule has 0 bridgehead atoms. The number of nitrogens with zero attached hydrogens (tertiary/aromatic N) is 2. The minimum atomic E-state index is -0.635. The number of rotatable bonds is 5. The summed E-state index contributed by atoms with van der Waals surface area (Å²) >= 11 is 0. The molecule has 9 heteroatoms. The normalized spacial score (nSPS) is 34.8. The standard InChI is InChI=1S/C19H36FN7O/c1-4-27-10-9-15(26-27)18(28)23-19(21-12(2)3)22-17-11-16(24-25-17)13-5-7-14(20)8-6-13/h12-17,24-26H,4-11H2,1-3H3,(H2,21,22,23,28). The van der Waals surface area contributed by atoms with Crippen LogP contribution in [0.2, 0.25) is 0 Å². The van der Waals surface area contributed by atoms with E-state index in [4.69, 9.17) is 4.99 Å². The fourth-order valence-corrected chi connectivity index (χ4v) is 4.25. The van der Waals surface area contributed by atoms with Crippen molar-refractivity contribution in [2.45, 2.75) is 89.8 Å². The molecule has 1 amide bonds. The third-order valence-electron chi connectivity index (χ3n) is 5.86. The third-order valence-corrected chi connectivity index (χ3v) is 5.86. The summed E-state index contributed by atoms with van der Waals surface area (Å²) in [6, 6.07) is 0.233.